The molecule has 8 heteroatoms. The summed E-state index contributed by atoms with van der Waals surface area (Å²) in [5, 5.41) is 11.7. The Kier molecular flexibility index (Phi) is 5.80. The molecule has 3 aromatic carbocycles. The highest BCUT2D eigenvalue weighted by Gasteiger charge is 2.13. The van der Waals surface area contributed by atoms with Crippen molar-refractivity contribution in [1.29, 1.82) is 0 Å². The lowest BCUT2D eigenvalue weighted by Gasteiger charge is -2.11. The van der Waals surface area contributed by atoms with Gasteiger partial charge in [-0.05, 0) is 48.0 Å². The number of benzene rings is 3. The SMILES string of the molecule is O=C(Nc1cnccc1-c1ccccc1)c1ccnc(Nc2ccc(-n3ncc4ccccc43)cc2)n1. The fourth-order valence-corrected chi connectivity index (χ4v) is 4.09. The van der Waals surface area contributed by atoms with Crippen LogP contribution in [0.5, 0.6) is 0 Å². The van der Waals surface area contributed by atoms with Gasteiger partial charge in [-0.25, -0.2) is 14.6 Å². The summed E-state index contributed by atoms with van der Waals surface area (Å²) in [5.74, 6) is -0.0315. The zero-order chi connectivity index (χ0) is 25.0. The Morgan fingerprint density at radius 2 is 1.59 bits per heavy atom. The van der Waals surface area contributed by atoms with Gasteiger partial charge in [-0.1, -0.05) is 48.5 Å². The average molecular weight is 484 g/mol. The number of carbonyl (C=O) groups excluding carboxylic acids is 1. The quantitative estimate of drug-likeness (QED) is 0.307. The highest BCUT2D eigenvalue weighted by Crippen LogP contribution is 2.27. The first-order valence-corrected chi connectivity index (χ1v) is 11.7. The van der Waals surface area contributed by atoms with Crippen LogP contribution in [0.15, 0.2) is 116 Å². The first-order valence-electron chi connectivity index (χ1n) is 11.7. The normalized spacial score (nSPS) is 10.8. The van der Waals surface area contributed by atoms with Crippen LogP contribution in [-0.4, -0.2) is 30.6 Å². The maximum Gasteiger partial charge on any atom is 0.274 e. The minimum Gasteiger partial charge on any atom is -0.324 e. The van der Waals surface area contributed by atoms with Crippen LogP contribution >= 0.6 is 0 Å². The molecular formula is C29H21N7O. The molecule has 1 amide bonds. The van der Waals surface area contributed by atoms with Gasteiger partial charge in [0.1, 0.15) is 5.69 Å². The van der Waals surface area contributed by atoms with E-state index in [1.54, 1.807) is 24.7 Å². The van der Waals surface area contributed by atoms with E-state index in [4.69, 9.17) is 0 Å². The van der Waals surface area contributed by atoms with E-state index in [0.29, 0.717) is 11.6 Å². The number of para-hydroxylation sites is 1. The molecular weight excluding hydrogens is 462 g/mol. The molecule has 3 aromatic heterocycles. The minimum absolute atomic E-state index is 0.236. The number of aromatic nitrogens is 5. The van der Waals surface area contributed by atoms with Gasteiger partial charge in [0.05, 0.1) is 29.3 Å². The van der Waals surface area contributed by atoms with Gasteiger partial charge in [0.2, 0.25) is 5.95 Å². The molecule has 0 bridgehead atoms. The predicted octanol–water partition coefficient (Wildman–Crippen LogP) is 5.87. The van der Waals surface area contributed by atoms with Crippen LogP contribution in [0.1, 0.15) is 10.5 Å². The maximum absolute atomic E-state index is 13.0. The second kappa shape index (κ2) is 9.71. The molecule has 0 radical (unpaired) electrons. The van der Waals surface area contributed by atoms with Gasteiger partial charge in [0.25, 0.3) is 5.91 Å². The molecule has 178 valence electrons. The molecule has 0 aliphatic rings. The van der Waals surface area contributed by atoms with Crippen molar-refractivity contribution < 1.29 is 4.79 Å². The Morgan fingerprint density at radius 3 is 2.46 bits per heavy atom. The summed E-state index contributed by atoms with van der Waals surface area (Å²) >= 11 is 0. The van der Waals surface area contributed by atoms with Gasteiger partial charge >= 0.3 is 0 Å². The van der Waals surface area contributed by atoms with Crippen molar-refractivity contribution in [3.8, 4) is 16.8 Å². The Labute approximate surface area is 212 Å². The van der Waals surface area contributed by atoms with E-state index in [-0.39, 0.29) is 11.6 Å². The number of fused-ring (bicyclic) bond motifs is 1. The van der Waals surface area contributed by atoms with Crippen molar-refractivity contribution in [3.05, 3.63) is 121 Å². The lowest BCUT2D eigenvalue weighted by molar-refractivity contribution is 0.102. The van der Waals surface area contributed by atoms with Gasteiger partial charge in [0, 0.05) is 29.0 Å². The average Bonchev–Trinajstić information content (AvgIpc) is 3.39. The summed E-state index contributed by atoms with van der Waals surface area (Å²) in [4.78, 5) is 25.9. The van der Waals surface area contributed by atoms with Crippen LogP contribution in [0.25, 0.3) is 27.7 Å². The predicted molar refractivity (Wildman–Crippen MR) is 144 cm³/mol. The molecule has 2 N–H and O–H groups in total. The summed E-state index contributed by atoms with van der Waals surface area (Å²) in [5.41, 5.74) is 5.46. The molecule has 0 saturated carbocycles. The molecule has 8 nitrogen and oxygen atoms in total. The molecule has 0 aliphatic carbocycles. The molecule has 0 saturated heterocycles. The molecule has 37 heavy (non-hydrogen) atoms. The van der Waals surface area contributed by atoms with E-state index in [1.165, 1.54) is 0 Å². The molecule has 0 spiro atoms. The van der Waals surface area contributed by atoms with Crippen LogP contribution in [-0.2, 0) is 0 Å². The van der Waals surface area contributed by atoms with Crippen molar-refractivity contribution in [2.75, 3.05) is 10.6 Å². The van der Waals surface area contributed by atoms with Crippen molar-refractivity contribution in [2.24, 2.45) is 0 Å². The maximum atomic E-state index is 13.0. The molecule has 0 atom stereocenters. The third-order valence-corrected chi connectivity index (χ3v) is 5.89. The van der Waals surface area contributed by atoms with Gasteiger partial charge in [0.15, 0.2) is 0 Å². The summed E-state index contributed by atoms with van der Waals surface area (Å²) < 4.78 is 1.89. The number of carbonyl (C=O) groups is 1. The smallest absolute Gasteiger partial charge is 0.274 e. The fourth-order valence-electron chi connectivity index (χ4n) is 4.09. The second-order valence-electron chi connectivity index (χ2n) is 8.29. The Balaban J connectivity index is 1.19. The van der Waals surface area contributed by atoms with Gasteiger partial charge in [-0.3, -0.25) is 9.78 Å². The van der Waals surface area contributed by atoms with E-state index in [0.717, 1.165) is 33.4 Å². The number of pyridine rings is 1. The van der Waals surface area contributed by atoms with Crippen LogP contribution in [0, 0.1) is 0 Å². The van der Waals surface area contributed by atoms with E-state index in [2.05, 4.69) is 30.7 Å². The first kappa shape index (κ1) is 22.1. The largest absolute Gasteiger partial charge is 0.324 e. The zero-order valence-corrected chi connectivity index (χ0v) is 19.6. The van der Waals surface area contributed by atoms with Gasteiger partial charge in [-0.15, -0.1) is 0 Å². The second-order valence-corrected chi connectivity index (χ2v) is 8.29. The van der Waals surface area contributed by atoms with E-state index in [9.17, 15) is 4.79 Å². The van der Waals surface area contributed by atoms with Crippen molar-refractivity contribution in [1.82, 2.24) is 24.7 Å². The molecule has 0 aliphatic heterocycles. The van der Waals surface area contributed by atoms with Gasteiger partial charge in [-0.2, -0.15) is 5.10 Å². The van der Waals surface area contributed by atoms with Gasteiger partial charge < -0.3 is 10.6 Å². The zero-order valence-electron chi connectivity index (χ0n) is 19.6. The van der Waals surface area contributed by atoms with E-state index in [1.807, 2.05) is 95.8 Å². The lowest BCUT2D eigenvalue weighted by atomic mass is 10.1. The summed E-state index contributed by atoms with van der Waals surface area (Å²) in [6.07, 6.45) is 6.73. The standard InChI is InChI=1S/C29H21N7O/c37-28(34-26-19-30-16-14-24(26)20-6-2-1-3-7-20)25-15-17-31-29(35-25)33-22-10-12-23(13-11-22)36-27-9-5-4-8-21(27)18-32-36/h1-19H,(H,34,37)(H,31,33,35). The van der Waals surface area contributed by atoms with Crippen molar-refractivity contribution in [2.45, 2.75) is 0 Å². The molecule has 3 heterocycles. The Morgan fingerprint density at radius 1 is 0.784 bits per heavy atom. The molecule has 6 aromatic rings. The van der Waals surface area contributed by atoms with E-state index >= 15 is 0 Å². The fraction of sp³-hybridized carbons (Fsp3) is 0. The van der Waals surface area contributed by atoms with Crippen molar-refractivity contribution in [3.63, 3.8) is 0 Å². The molecule has 6 rings (SSSR count). The van der Waals surface area contributed by atoms with Crippen LogP contribution in [0.2, 0.25) is 0 Å². The number of nitrogens with zero attached hydrogens (tertiary/aromatic N) is 5. The number of anilines is 3. The monoisotopic (exact) mass is 483 g/mol. The number of rotatable bonds is 6. The summed E-state index contributed by atoms with van der Waals surface area (Å²) in [6, 6.07) is 29.1. The molecule has 0 fully saturated rings. The van der Waals surface area contributed by atoms with Crippen LogP contribution < -0.4 is 10.6 Å². The van der Waals surface area contributed by atoms with Crippen molar-refractivity contribution >= 4 is 34.1 Å². The van der Waals surface area contributed by atoms with E-state index < -0.39 is 0 Å². The number of nitrogens with one attached hydrogen (secondary N) is 2. The van der Waals surface area contributed by atoms with Crippen LogP contribution in [0.3, 0.4) is 0 Å². The first-order chi connectivity index (χ1) is 18.2. The lowest BCUT2D eigenvalue weighted by Crippen LogP contribution is -2.15. The molecule has 0 unspecified atom stereocenters. The third kappa shape index (κ3) is 4.63. The minimum atomic E-state index is -0.350. The number of hydrogen-bond donors (Lipinski definition) is 2. The Hall–Kier alpha value is -5.37. The summed E-state index contributed by atoms with van der Waals surface area (Å²) in [6.45, 7) is 0. The highest BCUT2D eigenvalue weighted by molar-refractivity contribution is 6.05. The van der Waals surface area contributed by atoms with Crippen LogP contribution in [0.4, 0.5) is 17.3 Å². The number of amides is 1. The topological polar surface area (TPSA) is 97.6 Å². The summed E-state index contributed by atoms with van der Waals surface area (Å²) in [7, 11) is 0. The highest BCUT2D eigenvalue weighted by atomic mass is 16.1. The Bertz CT molecular complexity index is 1700. The third-order valence-electron chi connectivity index (χ3n) is 5.89. The number of hydrogen-bond acceptors (Lipinski definition) is 6.